The summed E-state index contributed by atoms with van der Waals surface area (Å²) in [5.41, 5.74) is 2.78. The highest BCUT2D eigenvalue weighted by Gasteiger charge is 2.30. The molecule has 0 radical (unpaired) electrons. The Morgan fingerprint density at radius 3 is 2.81 bits per heavy atom. The zero-order chi connectivity index (χ0) is 18.7. The van der Waals surface area contributed by atoms with Crippen molar-refractivity contribution in [2.75, 3.05) is 13.1 Å². The molecular weight excluding hydrogens is 348 g/mol. The summed E-state index contributed by atoms with van der Waals surface area (Å²) in [6, 6.07) is 5.61. The Labute approximate surface area is 158 Å². The summed E-state index contributed by atoms with van der Waals surface area (Å²) in [6.07, 6.45) is 3.45. The van der Waals surface area contributed by atoms with Crippen LogP contribution < -0.4 is 0 Å². The first-order valence-corrected chi connectivity index (χ1v) is 10.0. The molecule has 0 bridgehead atoms. The lowest BCUT2D eigenvalue weighted by molar-refractivity contribution is -0.144. The van der Waals surface area contributed by atoms with Crippen LogP contribution in [0.3, 0.4) is 0 Å². The number of ketones is 1. The highest BCUT2D eigenvalue weighted by Crippen LogP contribution is 2.21. The fraction of sp³-hybridized carbons (Fsp3) is 0.500. The quantitative estimate of drug-likeness (QED) is 0.753. The zero-order valence-corrected chi connectivity index (χ0v) is 16.2. The summed E-state index contributed by atoms with van der Waals surface area (Å²) in [7, 11) is 0. The number of carbonyl (C=O) groups is 2. The van der Waals surface area contributed by atoms with E-state index in [9.17, 15) is 14.7 Å². The van der Waals surface area contributed by atoms with Gasteiger partial charge >= 0.3 is 5.97 Å². The molecule has 0 saturated carbocycles. The van der Waals surface area contributed by atoms with E-state index in [1.165, 1.54) is 4.88 Å². The Morgan fingerprint density at radius 2 is 2.12 bits per heavy atom. The molecule has 1 aliphatic rings. The summed E-state index contributed by atoms with van der Waals surface area (Å²) in [6.45, 7) is 5.73. The number of Topliss-reactive ketones (excluding diaryl/α,β-unsaturated/α-hetero) is 1. The number of aromatic nitrogens is 1. The van der Waals surface area contributed by atoms with E-state index < -0.39 is 12.0 Å². The lowest BCUT2D eigenvalue weighted by Gasteiger charge is -2.32. The molecule has 2 aromatic heterocycles. The van der Waals surface area contributed by atoms with Gasteiger partial charge in [0.1, 0.15) is 6.04 Å². The highest BCUT2D eigenvalue weighted by atomic mass is 32.1. The summed E-state index contributed by atoms with van der Waals surface area (Å²) in [4.78, 5) is 27.5. The van der Waals surface area contributed by atoms with Crippen molar-refractivity contribution in [1.82, 2.24) is 9.47 Å². The van der Waals surface area contributed by atoms with E-state index in [1.54, 1.807) is 11.3 Å². The summed E-state index contributed by atoms with van der Waals surface area (Å²) < 4.78 is 2.19. The molecule has 26 heavy (non-hydrogen) atoms. The van der Waals surface area contributed by atoms with Gasteiger partial charge in [0.05, 0.1) is 6.54 Å². The van der Waals surface area contributed by atoms with E-state index >= 15 is 0 Å². The predicted octanol–water partition coefficient (Wildman–Crippen LogP) is 3.53. The van der Waals surface area contributed by atoms with Crippen LogP contribution >= 0.6 is 11.3 Å². The molecule has 6 heteroatoms. The van der Waals surface area contributed by atoms with Crippen molar-refractivity contribution in [3.8, 4) is 0 Å². The van der Waals surface area contributed by atoms with E-state index in [-0.39, 0.29) is 12.3 Å². The van der Waals surface area contributed by atoms with Crippen LogP contribution in [0.2, 0.25) is 0 Å². The topological polar surface area (TPSA) is 62.5 Å². The van der Waals surface area contributed by atoms with Gasteiger partial charge in [0.15, 0.2) is 5.78 Å². The van der Waals surface area contributed by atoms with Crippen molar-refractivity contribution in [3.63, 3.8) is 0 Å². The molecule has 5 nitrogen and oxygen atoms in total. The van der Waals surface area contributed by atoms with Crippen LogP contribution in [0.5, 0.6) is 0 Å². The molecule has 3 heterocycles. The van der Waals surface area contributed by atoms with Crippen molar-refractivity contribution >= 4 is 23.1 Å². The van der Waals surface area contributed by atoms with Crippen molar-refractivity contribution < 1.29 is 14.7 Å². The lowest BCUT2D eigenvalue weighted by Crippen LogP contribution is -2.46. The molecule has 2 aromatic rings. The number of carbonyl (C=O) groups excluding carboxylic acids is 1. The van der Waals surface area contributed by atoms with Gasteiger partial charge in [-0.3, -0.25) is 14.5 Å². The highest BCUT2D eigenvalue weighted by molar-refractivity contribution is 7.09. The van der Waals surface area contributed by atoms with Crippen LogP contribution in [-0.2, 0) is 17.8 Å². The number of aryl methyl sites for hydroxylation is 2. The number of rotatable bonds is 7. The summed E-state index contributed by atoms with van der Waals surface area (Å²) in [5, 5.41) is 11.5. The number of piperidine rings is 1. The number of carboxylic acid groups (broad SMARTS) is 1. The monoisotopic (exact) mass is 374 g/mol. The van der Waals surface area contributed by atoms with E-state index in [1.807, 2.05) is 24.8 Å². The number of aliphatic carboxylic acids is 1. The lowest BCUT2D eigenvalue weighted by atomic mass is 10.0. The van der Waals surface area contributed by atoms with Crippen molar-refractivity contribution in [2.45, 2.75) is 52.1 Å². The maximum absolute atomic E-state index is 12.9. The molecule has 1 fully saturated rings. The summed E-state index contributed by atoms with van der Waals surface area (Å²) in [5.74, 6) is -0.799. The molecule has 1 aliphatic heterocycles. The minimum atomic E-state index is -0.820. The molecule has 0 aliphatic carbocycles. The standard InChI is InChI=1S/C20H26N2O3S/c1-14-12-17(15(2)22(14)10-8-16-6-5-11-26-16)19(23)13-21-9-4-3-7-18(21)20(24)25/h5-6,11-12,18H,3-4,7-10,13H2,1-2H3,(H,24,25). The number of likely N-dealkylation sites (tertiary alicyclic amines) is 1. The van der Waals surface area contributed by atoms with Crippen molar-refractivity contribution in [2.24, 2.45) is 0 Å². The first-order valence-electron chi connectivity index (χ1n) is 9.16. The van der Waals surface area contributed by atoms with Gasteiger partial charge in [0.25, 0.3) is 0 Å². The van der Waals surface area contributed by atoms with Crippen molar-refractivity contribution in [1.29, 1.82) is 0 Å². The Bertz CT molecular complexity index is 779. The maximum atomic E-state index is 12.9. The minimum Gasteiger partial charge on any atom is -0.480 e. The second-order valence-corrected chi connectivity index (χ2v) is 8.04. The van der Waals surface area contributed by atoms with Crippen LogP contribution in [0.4, 0.5) is 0 Å². The molecule has 1 unspecified atom stereocenters. The number of nitrogens with zero attached hydrogens (tertiary/aromatic N) is 2. The zero-order valence-electron chi connectivity index (χ0n) is 15.4. The Morgan fingerprint density at radius 1 is 1.31 bits per heavy atom. The molecule has 1 atom stereocenters. The average molecular weight is 375 g/mol. The molecule has 0 aromatic carbocycles. The van der Waals surface area contributed by atoms with Gasteiger partial charge in [-0.25, -0.2) is 0 Å². The van der Waals surface area contributed by atoms with Crippen LogP contribution in [0.15, 0.2) is 23.6 Å². The maximum Gasteiger partial charge on any atom is 0.320 e. The first-order chi connectivity index (χ1) is 12.5. The molecule has 1 saturated heterocycles. The summed E-state index contributed by atoms with van der Waals surface area (Å²) >= 11 is 1.75. The van der Waals surface area contributed by atoms with E-state index in [0.29, 0.717) is 13.0 Å². The largest absolute Gasteiger partial charge is 0.480 e. The normalized spacial score (nSPS) is 18.2. The van der Waals surface area contributed by atoms with Gasteiger partial charge in [0, 0.05) is 28.4 Å². The molecule has 0 amide bonds. The van der Waals surface area contributed by atoms with Gasteiger partial charge in [-0.05, 0) is 57.2 Å². The van der Waals surface area contributed by atoms with E-state index in [2.05, 4.69) is 22.1 Å². The first kappa shape index (κ1) is 18.9. The second-order valence-electron chi connectivity index (χ2n) is 7.01. The fourth-order valence-electron chi connectivity index (χ4n) is 3.83. The Hall–Kier alpha value is -1.92. The average Bonchev–Trinajstić information content (AvgIpc) is 3.22. The van der Waals surface area contributed by atoms with Crippen LogP contribution in [-0.4, -0.2) is 45.5 Å². The third kappa shape index (κ3) is 4.07. The Balaban J connectivity index is 1.71. The smallest absolute Gasteiger partial charge is 0.320 e. The van der Waals surface area contributed by atoms with Gasteiger partial charge in [-0.15, -0.1) is 11.3 Å². The number of carboxylic acids is 1. The number of thiophene rings is 1. The van der Waals surface area contributed by atoms with Crippen LogP contribution in [0, 0.1) is 13.8 Å². The minimum absolute atomic E-state index is 0.0219. The third-order valence-corrected chi connectivity index (χ3v) is 6.22. The van der Waals surface area contributed by atoms with Gasteiger partial charge < -0.3 is 9.67 Å². The van der Waals surface area contributed by atoms with Crippen LogP contribution in [0.25, 0.3) is 0 Å². The van der Waals surface area contributed by atoms with Crippen molar-refractivity contribution in [3.05, 3.63) is 45.4 Å². The Kier molecular flexibility index (Phi) is 5.94. The number of hydrogen-bond donors (Lipinski definition) is 1. The van der Waals surface area contributed by atoms with Gasteiger partial charge in [-0.1, -0.05) is 12.5 Å². The molecular formula is C20H26N2O3S. The van der Waals surface area contributed by atoms with E-state index in [4.69, 9.17) is 0 Å². The fourth-order valence-corrected chi connectivity index (χ4v) is 4.53. The molecule has 0 spiro atoms. The molecule has 140 valence electrons. The van der Waals surface area contributed by atoms with Gasteiger partial charge in [0.2, 0.25) is 0 Å². The number of hydrogen-bond acceptors (Lipinski definition) is 4. The SMILES string of the molecule is Cc1cc(C(=O)CN2CCCCC2C(=O)O)c(C)n1CCc1cccs1. The van der Waals surface area contributed by atoms with E-state index in [0.717, 1.165) is 42.8 Å². The second kappa shape index (κ2) is 8.18. The van der Waals surface area contributed by atoms with Gasteiger partial charge in [-0.2, -0.15) is 0 Å². The third-order valence-electron chi connectivity index (χ3n) is 5.28. The molecule has 1 N–H and O–H groups in total. The predicted molar refractivity (Wildman–Crippen MR) is 103 cm³/mol. The van der Waals surface area contributed by atoms with Crippen LogP contribution in [0.1, 0.15) is 45.9 Å². The molecule has 3 rings (SSSR count).